The molecule has 0 aliphatic carbocycles. The van der Waals surface area contributed by atoms with Gasteiger partial charge in [0.1, 0.15) is 5.84 Å². The maximum absolute atomic E-state index is 8.41. The summed E-state index contributed by atoms with van der Waals surface area (Å²) in [6, 6.07) is 0.215. The topological polar surface area (TPSA) is 83.1 Å². The van der Waals surface area contributed by atoms with Gasteiger partial charge in [-0.1, -0.05) is 5.16 Å². The van der Waals surface area contributed by atoms with Gasteiger partial charge in [-0.2, -0.15) is 0 Å². The van der Waals surface area contributed by atoms with Crippen molar-refractivity contribution < 1.29 is 9.94 Å². The number of hydrogen-bond acceptors (Lipinski definition) is 5. The van der Waals surface area contributed by atoms with E-state index in [2.05, 4.69) is 22.4 Å². The van der Waals surface area contributed by atoms with Gasteiger partial charge in [-0.3, -0.25) is 0 Å². The van der Waals surface area contributed by atoms with Gasteiger partial charge in [-0.15, -0.1) is 0 Å². The Labute approximate surface area is 97.4 Å². The second kappa shape index (κ2) is 9.38. The Kier molecular flexibility index (Phi) is 8.88. The van der Waals surface area contributed by atoms with Crippen molar-refractivity contribution in [3.8, 4) is 0 Å². The lowest BCUT2D eigenvalue weighted by Gasteiger charge is -2.18. The number of likely N-dealkylation sites (N-methyl/N-ethyl adjacent to an activating group) is 1. The number of hydrogen-bond donors (Lipinski definition) is 3. The second-order valence-corrected chi connectivity index (χ2v) is 3.95. The first-order chi connectivity index (χ1) is 7.60. The van der Waals surface area contributed by atoms with Crippen LogP contribution < -0.4 is 11.1 Å². The quantitative estimate of drug-likeness (QED) is 0.220. The molecule has 0 saturated heterocycles. The van der Waals surface area contributed by atoms with E-state index in [0.29, 0.717) is 6.42 Å². The predicted octanol–water partition coefficient (Wildman–Crippen LogP) is -0.321. The van der Waals surface area contributed by atoms with E-state index in [1.807, 2.05) is 6.92 Å². The van der Waals surface area contributed by atoms with Crippen LogP contribution in [-0.2, 0) is 4.74 Å². The standard InChI is InChI=1S/C10H24N4O2/c1-9(8-10(11)13-15)12-4-5-14(2)6-7-16-3/h9,12,15H,4-8H2,1-3H3,(H2,11,13). The summed E-state index contributed by atoms with van der Waals surface area (Å²) in [5, 5.41) is 14.6. The molecule has 4 N–H and O–H groups in total. The third kappa shape index (κ3) is 8.46. The van der Waals surface area contributed by atoms with E-state index in [1.54, 1.807) is 7.11 Å². The van der Waals surface area contributed by atoms with Gasteiger partial charge >= 0.3 is 0 Å². The first-order valence-electron chi connectivity index (χ1n) is 5.47. The minimum atomic E-state index is 0.215. The van der Waals surface area contributed by atoms with Crippen LogP contribution >= 0.6 is 0 Å². The van der Waals surface area contributed by atoms with Gasteiger partial charge in [0, 0.05) is 39.2 Å². The highest BCUT2D eigenvalue weighted by molar-refractivity contribution is 5.80. The van der Waals surface area contributed by atoms with E-state index < -0.39 is 0 Å². The van der Waals surface area contributed by atoms with Gasteiger partial charge in [0.05, 0.1) is 6.61 Å². The minimum absolute atomic E-state index is 0.215. The molecular weight excluding hydrogens is 208 g/mol. The lowest BCUT2D eigenvalue weighted by Crippen LogP contribution is -2.37. The molecule has 6 nitrogen and oxygen atoms in total. The summed E-state index contributed by atoms with van der Waals surface area (Å²) in [5.74, 6) is 0.257. The molecule has 0 saturated carbocycles. The zero-order chi connectivity index (χ0) is 12.4. The Hall–Kier alpha value is -0.850. The van der Waals surface area contributed by atoms with E-state index >= 15 is 0 Å². The molecule has 0 bridgehead atoms. The van der Waals surface area contributed by atoms with Gasteiger partial charge in [0.25, 0.3) is 0 Å². The van der Waals surface area contributed by atoms with Crippen LogP contribution in [0.5, 0.6) is 0 Å². The molecule has 0 radical (unpaired) electrons. The molecular formula is C10H24N4O2. The average molecular weight is 232 g/mol. The van der Waals surface area contributed by atoms with Crippen LogP contribution in [0.25, 0.3) is 0 Å². The molecule has 0 fully saturated rings. The fourth-order valence-corrected chi connectivity index (χ4v) is 1.29. The Morgan fingerprint density at radius 3 is 2.81 bits per heavy atom. The molecule has 0 aromatic carbocycles. The normalized spacial score (nSPS) is 14.4. The molecule has 0 heterocycles. The molecule has 0 aromatic rings. The Bertz CT molecular complexity index is 199. The largest absolute Gasteiger partial charge is 0.409 e. The highest BCUT2D eigenvalue weighted by atomic mass is 16.5. The Balaban J connectivity index is 3.49. The number of nitrogens with two attached hydrogens (primary N) is 1. The zero-order valence-electron chi connectivity index (χ0n) is 10.4. The Morgan fingerprint density at radius 2 is 2.25 bits per heavy atom. The summed E-state index contributed by atoms with van der Waals surface area (Å²) < 4.78 is 4.98. The van der Waals surface area contributed by atoms with E-state index in [1.165, 1.54) is 0 Å². The number of rotatable bonds is 9. The van der Waals surface area contributed by atoms with Gasteiger partial charge in [-0.25, -0.2) is 0 Å². The van der Waals surface area contributed by atoms with Crippen LogP contribution in [0.3, 0.4) is 0 Å². The van der Waals surface area contributed by atoms with Crippen LogP contribution in [0.15, 0.2) is 5.16 Å². The lowest BCUT2D eigenvalue weighted by atomic mass is 10.2. The smallest absolute Gasteiger partial charge is 0.140 e. The molecule has 0 rings (SSSR count). The fourth-order valence-electron chi connectivity index (χ4n) is 1.29. The minimum Gasteiger partial charge on any atom is -0.409 e. The molecule has 1 atom stereocenters. The van der Waals surface area contributed by atoms with Crippen molar-refractivity contribution in [3.05, 3.63) is 0 Å². The number of nitrogens with one attached hydrogen (secondary N) is 1. The highest BCUT2D eigenvalue weighted by Crippen LogP contribution is 1.90. The fraction of sp³-hybridized carbons (Fsp3) is 0.900. The third-order valence-electron chi connectivity index (χ3n) is 2.31. The van der Waals surface area contributed by atoms with Crippen molar-refractivity contribution in [3.63, 3.8) is 0 Å². The van der Waals surface area contributed by atoms with E-state index in [9.17, 15) is 0 Å². The van der Waals surface area contributed by atoms with Crippen LogP contribution in [0, 0.1) is 0 Å². The van der Waals surface area contributed by atoms with E-state index in [-0.39, 0.29) is 11.9 Å². The molecule has 0 spiro atoms. The number of amidine groups is 1. The highest BCUT2D eigenvalue weighted by Gasteiger charge is 2.04. The molecule has 1 unspecified atom stereocenters. The summed E-state index contributed by atoms with van der Waals surface area (Å²) in [4.78, 5) is 2.19. The van der Waals surface area contributed by atoms with Gasteiger partial charge < -0.3 is 25.9 Å². The van der Waals surface area contributed by atoms with Crippen molar-refractivity contribution in [2.75, 3.05) is 40.4 Å². The maximum atomic E-state index is 8.41. The second-order valence-electron chi connectivity index (χ2n) is 3.95. The predicted molar refractivity (Wildman–Crippen MR) is 64.9 cm³/mol. The first-order valence-corrected chi connectivity index (χ1v) is 5.47. The van der Waals surface area contributed by atoms with Crippen LogP contribution in [0.1, 0.15) is 13.3 Å². The van der Waals surface area contributed by atoms with Crippen molar-refractivity contribution in [1.82, 2.24) is 10.2 Å². The maximum Gasteiger partial charge on any atom is 0.140 e. The van der Waals surface area contributed by atoms with Crippen molar-refractivity contribution in [2.45, 2.75) is 19.4 Å². The van der Waals surface area contributed by atoms with Crippen LogP contribution in [0.4, 0.5) is 0 Å². The van der Waals surface area contributed by atoms with Gasteiger partial charge in [0.2, 0.25) is 0 Å². The van der Waals surface area contributed by atoms with Crippen LogP contribution in [0.2, 0.25) is 0 Å². The molecule has 0 aliphatic rings. The monoisotopic (exact) mass is 232 g/mol. The SMILES string of the molecule is COCCN(C)CCNC(C)CC(N)=NO. The summed E-state index contributed by atoms with van der Waals surface area (Å²) >= 11 is 0. The summed E-state index contributed by atoms with van der Waals surface area (Å²) in [6.07, 6.45) is 0.554. The average Bonchev–Trinajstić information content (AvgIpc) is 2.26. The molecule has 0 aromatic heterocycles. The number of methoxy groups -OCH3 is 1. The molecule has 16 heavy (non-hydrogen) atoms. The van der Waals surface area contributed by atoms with E-state index in [4.69, 9.17) is 15.7 Å². The zero-order valence-corrected chi connectivity index (χ0v) is 10.4. The van der Waals surface area contributed by atoms with Crippen molar-refractivity contribution in [1.29, 1.82) is 0 Å². The molecule has 0 aliphatic heterocycles. The molecule has 6 heteroatoms. The number of ether oxygens (including phenoxy) is 1. The summed E-state index contributed by atoms with van der Waals surface area (Å²) in [6.45, 7) is 5.50. The number of nitrogens with zero attached hydrogens (tertiary/aromatic N) is 2. The van der Waals surface area contributed by atoms with Gasteiger partial charge in [0.15, 0.2) is 0 Å². The molecule has 96 valence electrons. The lowest BCUT2D eigenvalue weighted by molar-refractivity contribution is 0.161. The van der Waals surface area contributed by atoms with E-state index in [0.717, 1.165) is 26.2 Å². The summed E-state index contributed by atoms with van der Waals surface area (Å²) in [7, 11) is 3.75. The van der Waals surface area contributed by atoms with Crippen molar-refractivity contribution >= 4 is 5.84 Å². The third-order valence-corrected chi connectivity index (χ3v) is 2.31. The van der Waals surface area contributed by atoms with Crippen molar-refractivity contribution in [2.24, 2.45) is 10.9 Å². The summed E-state index contributed by atoms with van der Waals surface area (Å²) in [5.41, 5.74) is 5.40. The first kappa shape index (κ1) is 15.2. The number of oxime groups is 1. The Morgan fingerprint density at radius 1 is 1.56 bits per heavy atom. The molecule has 0 amide bonds. The van der Waals surface area contributed by atoms with Crippen LogP contribution in [-0.4, -0.2) is 62.4 Å². The van der Waals surface area contributed by atoms with Gasteiger partial charge in [-0.05, 0) is 14.0 Å².